The second-order valence-electron chi connectivity index (χ2n) is 4.40. The summed E-state index contributed by atoms with van der Waals surface area (Å²) in [5.41, 5.74) is 2.60. The second-order valence-corrected chi connectivity index (χ2v) is 5.31. The molecule has 1 aromatic carbocycles. The third-order valence-electron chi connectivity index (χ3n) is 2.92. The van der Waals surface area contributed by atoms with E-state index < -0.39 is 0 Å². The Balaban J connectivity index is 1.87. The molecule has 2 aromatic heterocycles. The van der Waals surface area contributed by atoms with Gasteiger partial charge in [-0.05, 0) is 39.7 Å². The summed E-state index contributed by atoms with van der Waals surface area (Å²) in [6.07, 6.45) is 4.60. The quantitative estimate of drug-likeness (QED) is 0.783. The van der Waals surface area contributed by atoms with E-state index in [0.717, 1.165) is 26.6 Å². The first kappa shape index (κ1) is 13.0. The first-order valence-electron chi connectivity index (χ1n) is 6.10. The van der Waals surface area contributed by atoms with Crippen molar-refractivity contribution >= 4 is 32.5 Å². The molecule has 0 fully saturated rings. The number of pyridine rings is 2. The summed E-state index contributed by atoms with van der Waals surface area (Å²) in [6, 6.07) is 9.40. The highest BCUT2D eigenvalue weighted by molar-refractivity contribution is 9.10. The molecule has 20 heavy (non-hydrogen) atoms. The number of anilines is 1. The normalized spacial score (nSPS) is 10.7. The maximum Gasteiger partial charge on any atom is 0.141 e. The van der Waals surface area contributed by atoms with E-state index in [1.165, 1.54) is 12.3 Å². The molecule has 0 aliphatic carbocycles. The van der Waals surface area contributed by atoms with Gasteiger partial charge < -0.3 is 5.32 Å². The molecular formula is C15H11BrFN3. The van der Waals surface area contributed by atoms with Gasteiger partial charge in [0.15, 0.2) is 0 Å². The highest BCUT2D eigenvalue weighted by atomic mass is 79.9. The highest BCUT2D eigenvalue weighted by Crippen LogP contribution is 2.24. The van der Waals surface area contributed by atoms with Crippen LogP contribution in [-0.2, 0) is 6.54 Å². The van der Waals surface area contributed by atoms with Crippen LogP contribution in [0.5, 0.6) is 0 Å². The van der Waals surface area contributed by atoms with Gasteiger partial charge in [0, 0.05) is 28.8 Å². The van der Waals surface area contributed by atoms with Crippen LogP contribution in [0.1, 0.15) is 5.56 Å². The van der Waals surface area contributed by atoms with Crippen LogP contribution >= 0.6 is 15.9 Å². The van der Waals surface area contributed by atoms with Crippen LogP contribution in [0, 0.1) is 5.82 Å². The Bertz CT molecular complexity index is 761. The van der Waals surface area contributed by atoms with Gasteiger partial charge in [0.1, 0.15) is 5.82 Å². The fourth-order valence-corrected chi connectivity index (χ4v) is 2.38. The number of para-hydroxylation sites is 1. The minimum Gasteiger partial charge on any atom is -0.379 e. The van der Waals surface area contributed by atoms with Gasteiger partial charge in [0.2, 0.25) is 0 Å². The number of aromatic nitrogens is 2. The first-order valence-corrected chi connectivity index (χ1v) is 6.89. The van der Waals surface area contributed by atoms with E-state index in [4.69, 9.17) is 0 Å². The molecule has 3 rings (SSSR count). The Kier molecular flexibility index (Phi) is 3.60. The molecule has 1 N–H and O–H groups in total. The molecule has 0 saturated carbocycles. The zero-order valence-electron chi connectivity index (χ0n) is 10.5. The van der Waals surface area contributed by atoms with Crippen LogP contribution in [0.4, 0.5) is 10.1 Å². The average Bonchev–Trinajstić information content (AvgIpc) is 2.44. The van der Waals surface area contributed by atoms with Gasteiger partial charge in [-0.2, -0.15) is 0 Å². The highest BCUT2D eigenvalue weighted by Gasteiger charge is 2.03. The van der Waals surface area contributed by atoms with E-state index in [1.54, 1.807) is 12.4 Å². The molecule has 0 aliphatic rings. The van der Waals surface area contributed by atoms with Gasteiger partial charge >= 0.3 is 0 Å². The van der Waals surface area contributed by atoms with Gasteiger partial charge in [-0.1, -0.05) is 12.1 Å². The molecule has 3 aromatic rings. The summed E-state index contributed by atoms with van der Waals surface area (Å²) in [7, 11) is 0. The lowest BCUT2D eigenvalue weighted by molar-refractivity contribution is 0.619. The summed E-state index contributed by atoms with van der Waals surface area (Å²) in [5.74, 6) is -0.329. The summed E-state index contributed by atoms with van der Waals surface area (Å²) in [5, 5.41) is 4.31. The van der Waals surface area contributed by atoms with Gasteiger partial charge in [0.25, 0.3) is 0 Å². The lowest BCUT2D eigenvalue weighted by atomic mass is 10.2. The summed E-state index contributed by atoms with van der Waals surface area (Å²) in [4.78, 5) is 8.25. The van der Waals surface area contributed by atoms with Crippen LogP contribution < -0.4 is 5.32 Å². The molecule has 0 spiro atoms. The number of nitrogens with one attached hydrogen (secondary N) is 1. The minimum absolute atomic E-state index is 0.329. The first-order chi connectivity index (χ1) is 9.72. The van der Waals surface area contributed by atoms with Crippen molar-refractivity contribution in [3.8, 4) is 0 Å². The molecular weight excluding hydrogens is 321 g/mol. The maximum absolute atomic E-state index is 13.1. The van der Waals surface area contributed by atoms with Crippen LogP contribution in [0.3, 0.4) is 0 Å². The number of hydrogen-bond donors (Lipinski definition) is 1. The zero-order chi connectivity index (χ0) is 13.9. The predicted molar refractivity (Wildman–Crippen MR) is 81.0 cm³/mol. The Morgan fingerprint density at radius 2 is 2.05 bits per heavy atom. The maximum atomic E-state index is 13.1. The van der Waals surface area contributed by atoms with E-state index in [1.807, 2.05) is 24.3 Å². The van der Waals surface area contributed by atoms with Gasteiger partial charge in [-0.3, -0.25) is 9.97 Å². The van der Waals surface area contributed by atoms with Crippen molar-refractivity contribution in [2.45, 2.75) is 6.54 Å². The number of fused-ring (bicyclic) bond motifs is 1. The molecule has 0 saturated heterocycles. The number of hydrogen-bond acceptors (Lipinski definition) is 3. The molecule has 0 atom stereocenters. The van der Waals surface area contributed by atoms with Crippen molar-refractivity contribution < 1.29 is 4.39 Å². The summed E-state index contributed by atoms with van der Waals surface area (Å²) in [6.45, 7) is 0.502. The molecule has 2 heterocycles. The van der Waals surface area contributed by atoms with Crippen molar-refractivity contribution in [3.05, 3.63) is 64.8 Å². The van der Waals surface area contributed by atoms with E-state index in [0.29, 0.717) is 6.54 Å². The van der Waals surface area contributed by atoms with Crippen LogP contribution in [-0.4, -0.2) is 9.97 Å². The van der Waals surface area contributed by atoms with Crippen molar-refractivity contribution in [1.29, 1.82) is 0 Å². The lowest BCUT2D eigenvalue weighted by Gasteiger charge is -2.09. The smallest absolute Gasteiger partial charge is 0.141 e. The van der Waals surface area contributed by atoms with Crippen LogP contribution in [0.15, 0.2) is 53.4 Å². The molecule has 0 bridgehead atoms. The largest absolute Gasteiger partial charge is 0.379 e. The molecule has 0 radical (unpaired) electrons. The van der Waals surface area contributed by atoms with Crippen LogP contribution in [0.2, 0.25) is 0 Å². The van der Waals surface area contributed by atoms with Gasteiger partial charge in [0.05, 0.1) is 17.4 Å². The molecule has 3 nitrogen and oxygen atoms in total. The minimum atomic E-state index is -0.329. The van der Waals surface area contributed by atoms with Crippen molar-refractivity contribution in [3.63, 3.8) is 0 Å². The number of nitrogens with zero attached hydrogens (tertiary/aromatic N) is 2. The average molecular weight is 332 g/mol. The monoisotopic (exact) mass is 331 g/mol. The van der Waals surface area contributed by atoms with Crippen molar-refractivity contribution in [2.24, 2.45) is 0 Å². The van der Waals surface area contributed by atoms with Gasteiger partial charge in [-0.15, -0.1) is 0 Å². The third-order valence-corrected chi connectivity index (χ3v) is 3.36. The van der Waals surface area contributed by atoms with E-state index in [-0.39, 0.29) is 5.82 Å². The topological polar surface area (TPSA) is 37.8 Å². The van der Waals surface area contributed by atoms with Crippen LogP contribution in [0.25, 0.3) is 10.9 Å². The van der Waals surface area contributed by atoms with Crippen molar-refractivity contribution in [1.82, 2.24) is 9.97 Å². The van der Waals surface area contributed by atoms with E-state index in [2.05, 4.69) is 31.2 Å². The lowest BCUT2D eigenvalue weighted by Crippen LogP contribution is -2.01. The predicted octanol–water partition coefficient (Wildman–Crippen LogP) is 4.14. The summed E-state index contributed by atoms with van der Waals surface area (Å²) >= 11 is 3.41. The fraction of sp³-hybridized carbons (Fsp3) is 0.0667. The SMILES string of the molecule is Fc1cncc(CNc2cccc3cc(Br)cnc23)c1. The molecule has 0 amide bonds. The zero-order valence-corrected chi connectivity index (χ0v) is 12.1. The Labute approximate surface area is 124 Å². The second kappa shape index (κ2) is 5.54. The Morgan fingerprint density at radius 3 is 2.90 bits per heavy atom. The molecule has 5 heteroatoms. The number of rotatable bonds is 3. The summed E-state index contributed by atoms with van der Waals surface area (Å²) < 4.78 is 14.0. The van der Waals surface area contributed by atoms with E-state index >= 15 is 0 Å². The number of halogens is 2. The standard InChI is InChI=1S/C15H11BrFN3/c16-12-5-11-2-1-3-14(15(11)20-8-12)19-7-10-4-13(17)9-18-6-10/h1-6,8-9,19H,7H2. The fourth-order valence-electron chi connectivity index (χ4n) is 2.03. The Morgan fingerprint density at radius 1 is 1.15 bits per heavy atom. The molecule has 100 valence electrons. The van der Waals surface area contributed by atoms with Gasteiger partial charge in [-0.25, -0.2) is 4.39 Å². The third kappa shape index (κ3) is 2.77. The number of benzene rings is 1. The molecule has 0 aliphatic heterocycles. The van der Waals surface area contributed by atoms with Crippen molar-refractivity contribution in [2.75, 3.05) is 5.32 Å². The van der Waals surface area contributed by atoms with E-state index in [9.17, 15) is 4.39 Å². The Hall–Kier alpha value is -2.01. The molecule has 0 unspecified atom stereocenters.